The third-order valence-electron chi connectivity index (χ3n) is 3.36. The van der Waals surface area contributed by atoms with Crippen molar-refractivity contribution in [1.29, 1.82) is 0 Å². The van der Waals surface area contributed by atoms with Crippen LogP contribution >= 0.6 is 11.3 Å². The Morgan fingerprint density at radius 2 is 2.30 bits per heavy atom. The highest BCUT2D eigenvalue weighted by Gasteiger charge is 2.24. The molecule has 1 atom stereocenters. The van der Waals surface area contributed by atoms with Gasteiger partial charge in [-0.1, -0.05) is 19.1 Å². The van der Waals surface area contributed by atoms with Crippen molar-refractivity contribution in [1.82, 2.24) is 10.3 Å². The second-order valence-corrected chi connectivity index (χ2v) is 6.23. The molecule has 20 heavy (non-hydrogen) atoms. The molecule has 1 fully saturated rings. The Kier molecular flexibility index (Phi) is 4.03. The van der Waals surface area contributed by atoms with E-state index in [1.165, 1.54) is 18.4 Å². The molecule has 1 heterocycles. The first-order valence-corrected chi connectivity index (χ1v) is 8.06. The highest BCUT2D eigenvalue weighted by atomic mass is 32.1. The summed E-state index contributed by atoms with van der Waals surface area (Å²) in [5.41, 5.74) is 2.31. The van der Waals surface area contributed by atoms with Crippen molar-refractivity contribution in [2.75, 3.05) is 6.54 Å². The van der Waals surface area contributed by atoms with Crippen LogP contribution in [-0.2, 0) is 0 Å². The molecule has 1 aliphatic carbocycles. The van der Waals surface area contributed by atoms with Crippen LogP contribution in [0, 0.1) is 6.92 Å². The molecule has 1 unspecified atom stereocenters. The molecular weight excluding hydrogens is 268 g/mol. The number of aromatic nitrogens is 1. The van der Waals surface area contributed by atoms with Crippen molar-refractivity contribution in [2.24, 2.45) is 0 Å². The van der Waals surface area contributed by atoms with Gasteiger partial charge in [0.2, 0.25) is 0 Å². The van der Waals surface area contributed by atoms with Gasteiger partial charge in [-0.25, -0.2) is 4.98 Å². The Labute approximate surface area is 124 Å². The summed E-state index contributed by atoms with van der Waals surface area (Å²) in [4.78, 5) is 4.62. The minimum atomic E-state index is 0.146. The van der Waals surface area contributed by atoms with Crippen molar-refractivity contribution < 1.29 is 4.74 Å². The maximum atomic E-state index is 5.89. The second kappa shape index (κ2) is 5.94. The zero-order valence-corrected chi connectivity index (χ0v) is 12.7. The monoisotopic (exact) mass is 288 g/mol. The third-order valence-corrected chi connectivity index (χ3v) is 4.15. The van der Waals surface area contributed by atoms with E-state index in [1.807, 2.05) is 13.0 Å². The number of ether oxygens (including phenoxy) is 1. The Morgan fingerprint density at radius 3 is 2.95 bits per heavy atom. The van der Waals surface area contributed by atoms with Crippen LogP contribution in [0.3, 0.4) is 0 Å². The molecular formula is C16H20N2OS. The highest BCUT2D eigenvalue weighted by Crippen LogP contribution is 2.30. The summed E-state index contributed by atoms with van der Waals surface area (Å²) in [7, 11) is 0. The van der Waals surface area contributed by atoms with E-state index in [1.54, 1.807) is 11.3 Å². The summed E-state index contributed by atoms with van der Waals surface area (Å²) < 4.78 is 5.89. The average molecular weight is 288 g/mol. The van der Waals surface area contributed by atoms with Gasteiger partial charge in [-0.2, -0.15) is 0 Å². The number of benzene rings is 1. The van der Waals surface area contributed by atoms with E-state index < -0.39 is 0 Å². The molecule has 0 saturated heterocycles. The van der Waals surface area contributed by atoms with Gasteiger partial charge in [-0.3, -0.25) is 0 Å². The van der Waals surface area contributed by atoms with Gasteiger partial charge in [-0.15, -0.1) is 11.3 Å². The SMILES string of the molecule is CCNC(c1cccc(OC2CC2)c1)c1csc(C)n1. The van der Waals surface area contributed by atoms with Crippen LogP contribution in [0.25, 0.3) is 0 Å². The van der Waals surface area contributed by atoms with E-state index in [0.29, 0.717) is 6.10 Å². The number of nitrogens with zero attached hydrogens (tertiary/aromatic N) is 1. The molecule has 0 amide bonds. The molecule has 4 heteroatoms. The normalized spacial score (nSPS) is 16.1. The highest BCUT2D eigenvalue weighted by molar-refractivity contribution is 7.09. The summed E-state index contributed by atoms with van der Waals surface area (Å²) in [5.74, 6) is 0.972. The predicted molar refractivity (Wildman–Crippen MR) is 82.5 cm³/mol. The molecule has 3 rings (SSSR count). The lowest BCUT2D eigenvalue weighted by Gasteiger charge is -2.17. The lowest BCUT2D eigenvalue weighted by atomic mass is 10.0. The van der Waals surface area contributed by atoms with Gasteiger partial charge in [0.15, 0.2) is 0 Å². The van der Waals surface area contributed by atoms with Crippen molar-refractivity contribution in [3.05, 3.63) is 45.9 Å². The molecule has 2 aromatic rings. The largest absolute Gasteiger partial charge is 0.490 e. The first-order chi connectivity index (χ1) is 9.76. The molecule has 1 aromatic heterocycles. The van der Waals surface area contributed by atoms with E-state index in [-0.39, 0.29) is 6.04 Å². The lowest BCUT2D eigenvalue weighted by molar-refractivity contribution is 0.302. The van der Waals surface area contributed by atoms with Gasteiger partial charge in [0, 0.05) is 5.38 Å². The number of nitrogens with one attached hydrogen (secondary N) is 1. The number of rotatable bonds is 6. The summed E-state index contributed by atoms with van der Waals surface area (Å²) >= 11 is 1.70. The first kappa shape index (κ1) is 13.6. The topological polar surface area (TPSA) is 34.1 Å². The standard InChI is InChI=1S/C16H20N2OS/c1-3-17-16(15-10-20-11(2)18-15)12-5-4-6-14(9-12)19-13-7-8-13/h4-6,9-10,13,16-17H,3,7-8H2,1-2H3. The van der Waals surface area contributed by atoms with Crippen molar-refractivity contribution in [3.63, 3.8) is 0 Å². The Hall–Kier alpha value is -1.39. The fourth-order valence-corrected chi connectivity index (χ4v) is 2.89. The van der Waals surface area contributed by atoms with Crippen LogP contribution in [0.1, 0.15) is 42.1 Å². The molecule has 1 N–H and O–H groups in total. The quantitative estimate of drug-likeness (QED) is 0.880. The summed E-state index contributed by atoms with van der Waals surface area (Å²) in [6.45, 7) is 5.08. The summed E-state index contributed by atoms with van der Waals surface area (Å²) in [6, 6.07) is 8.53. The average Bonchev–Trinajstić information content (AvgIpc) is 3.16. The van der Waals surface area contributed by atoms with Gasteiger partial charge in [0.1, 0.15) is 5.75 Å². The van der Waals surface area contributed by atoms with Crippen molar-refractivity contribution >= 4 is 11.3 Å². The van der Waals surface area contributed by atoms with Crippen molar-refractivity contribution in [2.45, 2.75) is 38.8 Å². The van der Waals surface area contributed by atoms with Crippen LogP contribution in [0.4, 0.5) is 0 Å². The van der Waals surface area contributed by atoms with Gasteiger partial charge in [0.05, 0.1) is 22.8 Å². The number of hydrogen-bond acceptors (Lipinski definition) is 4. The number of aryl methyl sites for hydroxylation is 1. The first-order valence-electron chi connectivity index (χ1n) is 7.18. The Bertz CT molecular complexity index is 577. The van der Waals surface area contributed by atoms with Crippen molar-refractivity contribution in [3.8, 4) is 5.75 Å². The lowest BCUT2D eigenvalue weighted by Crippen LogP contribution is -2.22. The number of thiazole rings is 1. The molecule has 0 aliphatic heterocycles. The molecule has 3 nitrogen and oxygen atoms in total. The minimum Gasteiger partial charge on any atom is -0.490 e. The van der Waals surface area contributed by atoms with E-state index in [4.69, 9.17) is 4.74 Å². The Balaban J connectivity index is 1.86. The fraction of sp³-hybridized carbons (Fsp3) is 0.438. The van der Waals surface area contributed by atoms with Crippen LogP contribution < -0.4 is 10.1 Å². The van der Waals surface area contributed by atoms with Gasteiger partial charge in [-0.05, 0) is 44.0 Å². The van der Waals surface area contributed by atoms with Crippen LogP contribution in [-0.4, -0.2) is 17.6 Å². The van der Waals surface area contributed by atoms with Crippen LogP contribution in [0.15, 0.2) is 29.6 Å². The zero-order valence-electron chi connectivity index (χ0n) is 11.9. The molecule has 1 saturated carbocycles. The van der Waals surface area contributed by atoms with E-state index in [9.17, 15) is 0 Å². The molecule has 106 valence electrons. The summed E-state index contributed by atoms with van der Waals surface area (Å²) in [5, 5.41) is 6.75. The smallest absolute Gasteiger partial charge is 0.120 e. The molecule has 0 bridgehead atoms. The second-order valence-electron chi connectivity index (χ2n) is 5.17. The van der Waals surface area contributed by atoms with Gasteiger partial charge in [0.25, 0.3) is 0 Å². The third kappa shape index (κ3) is 3.19. The number of hydrogen-bond donors (Lipinski definition) is 1. The zero-order chi connectivity index (χ0) is 13.9. The van der Waals surface area contributed by atoms with Gasteiger partial charge < -0.3 is 10.1 Å². The molecule has 0 spiro atoms. The fourth-order valence-electron chi connectivity index (χ4n) is 2.26. The van der Waals surface area contributed by atoms with E-state index in [0.717, 1.165) is 23.0 Å². The maximum absolute atomic E-state index is 5.89. The van der Waals surface area contributed by atoms with E-state index >= 15 is 0 Å². The molecule has 1 aliphatic rings. The molecule has 1 aromatic carbocycles. The maximum Gasteiger partial charge on any atom is 0.120 e. The predicted octanol–water partition coefficient (Wildman–Crippen LogP) is 3.69. The van der Waals surface area contributed by atoms with E-state index in [2.05, 4.69) is 40.8 Å². The van der Waals surface area contributed by atoms with Crippen LogP contribution in [0.2, 0.25) is 0 Å². The van der Waals surface area contributed by atoms with Crippen LogP contribution in [0.5, 0.6) is 5.75 Å². The molecule has 0 radical (unpaired) electrons. The Morgan fingerprint density at radius 1 is 1.45 bits per heavy atom. The van der Waals surface area contributed by atoms with Gasteiger partial charge >= 0.3 is 0 Å². The minimum absolute atomic E-state index is 0.146. The summed E-state index contributed by atoms with van der Waals surface area (Å²) in [6.07, 6.45) is 2.81.